The molecule has 0 saturated carbocycles. The summed E-state index contributed by atoms with van der Waals surface area (Å²) in [5.41, 5.74) is 0.722. The van der Waals surface area contributed by atoms with Crippen molar-refractivity contribution in [2.75, 3.05) is 18.5 Å². The van der Waals surface area contributed by atoms with Gasteiger partial charge in [0.15, 0.2) is 0 Å². The van der Waals surface area contributed by atoms with Gasteiger partial charge in [0.1, 0.15) is 12.4 Å². The predicted molar refractivity (Wildman–Crippen MR) is 83.2 cm³/mol. The Morgan fingerprint density at radius 2 is 1.95 bits per heavy atom. The number of carbonyl (C=O) groups is 1. The maximum atomic E-state index is 11.2. The second-order valence-corrected chi connectivity index (χ2v) is 5.26. The topological polar surface area (TPSA) is 41.6 Å². The number of nitrogens with one attached hydrogen (secondary N) is 1. The van der Waals surface area contributed by atoms with Gasteiger partial charge in [-0.05, 0) is 39.4 Å². The number of benzene rings is 1. The van der Waals surface area contributed by atoms with Gasteiger partial charge in [0.25, 0.3) is 0 Å². The summed E-state index contributed by atoms with van der Waals surface area (Å²) >= 11 is 0. The third-order valence-corrected chi connectivity index (χ3v) is 3.27. The highest BCUT2D eigenvalue weighted by molar-refractivity contribution is 5.90. The van der Waals surface area contributed by atoms with E-state index in [1.165, 1.54) is 6.92 Å². The van der Waals surface area contributed by atoms with Crippen molar-refractivity contribution >= 4 is 11.6 Å². The van der Waals surface area contributed by atoms with Gasteiger partial charge in [-0.2, -0.15) is 0 Å². The molecule has 1 atom stereocenters. The number of amides is 1. The Hall–Kier alpha value is -1.55. The summed E-state index contributed by atoms with van der Waals surface area (Å²) in [6.07, 6.45) is 0. The highest BCUT2D eigenvalue weighted by Gasteiger charge is 2.16. The summed E-state index contributed by atoms with van der Waals surface area (Å²) in [6, 6.07) is 8.33. The van der Waals surface area contributed by atoms with Gasteiger partial charge in [-0.25, -0.2) is 0 Å². The van der Waals surface area contributed by atoms with Crippen LogP contribution >= 0.6 is 0 Å². The van der Waals surface area contributed by atoms with Crippen LogP contribution in [0.25, 0.3) is 0 Å². The lowest BCUT2D eigenvalue weighted by Gasteiger charge is -2.31. The SMILES string of the molecule is CCN(C(C)C)C(C)COc1ccccc1NC(C)=O. The fourth-order valence-electron chi connectivity index (χ4n) is 2.38. The average Bonchev–Trinajstić information content (AvgIpc) is 2.37. The number of para-hydroxylation sites is 2. The van der Waals surface area contributed by atoms with Crippen molar-refractivity contribution < 1.29 is 9.53 Å². The molecular weight excluding hydrogens is 252 g/mol. The van der Waals surface area contributed by atoms with Gasteiger partial charge in [-0.3, -0.25) is 9.69 Å². The minimum atomic E-state index is -0.0912. The van der Waals surface area contributed by atoms with Crippen LogP contribution < -0.4 is 10.1 Å². The molecule has 0 heterocycles. The smallest absolute Gasteiger partial charge is 0.221 e. The molecule has 0 radical (unpaired) electrons. The Labute approximate surface area is 122 Å². The number of nitrogens with zero attached hydrogens (tertiary/aromatic N) is 1. The van der Waals surface area contributed by atoms with Crippen LogP contribution in [0.2, 0.25) is 0 Å². The van der Waals surface area contributed by atoms with Gasteiger partial charge in [-0.15, -0.1) is 0 Å². The van der Waals surface area contributed by atoms with Crippen molar-refractivity contribution in [3.05, 3.63) is 24.3 Å². The lowest BCUT2D eigenvalue weighted by molar-refractivity contribution is -0.114. The van der Waals surface area contributed by atoms with Crippen molar-refractivity contribution in [2.24, 2.45) is 0 Å². The minimum absolute atomic E-state index is 0.0912. The minimum Gasteiger partial charge on any atom is -0.490 e. The zero-order valence-corrected chi connectivity index (χ0v) is 13.1. The molecule has 1 aromatic carbocycles. The fourth-order valence-corrected chi connectivity index (χ4v) is 2.38. The quantitative estimate of drug-likeness (QED) is 0.833. The number of carbonyl (C=O) groups excluding carboxylic acids is 1. The van der Waals surface area contributed by atoms with Crippen LogP contribution in [0.5, 0.6) is 5.75 Å². The van der Waals surface area contributed by atoms with Crippen LogP contribution in [-0.4, -0.2) is 36.0 Å². The maximum Gasteiger partial charge on any atom is 0.221 e. The molecule has 0 bridgehead atoms. The molecular formula is C16H26N2O2. The van der Waals surface area contributed by atoms with Crippen molar-refractivity contribution in [3.63, 3.8) is 0 Å². The summed E-state index contributed by atoms with van der Waals surface area (Å²) in [5.74, 6) is 0.626. The molecule has 0 aliphatic carbocycles. The highest BCUT2D eigenvalue weighted by Crippen LogP contribution is 2.24. The monoisotopic (exact) mass is 278 g/mol. The molecule has 0 aliphatic heterocycles. The van der Waals surface area contributed by atoms with Crippen LogP contribution in [0.15, 0.2) is 24.3 Å². The molecule has 20 heavy (non-hydrogen) atoms. The van der Waals surface area contributed by atoms with Crippen molar-refractivity contribution in [2.45, 2.75) is 46.7 Å². The molecule has 1 aromatic rings. The summed E-state index contributed by atoms with van der Waals surface area (Å²) in [6.45, 7) is 11.8. The van der Waals surface area contributed by atoms with E-state index in [1.807, 2.05) is 24.3 Å². The van der Waals surface area contributed by atoms with Gasteiger partial charge in [0, 0.05) is 19.0 Å². The van der Waals surface area contributed by atoms with E-state index < -0.39 is 0 Å². The van der Waals surface area contributed by atoms with Crippen molar-refractivity contribution in [1.82, 2.24) is 4.90 Å². The van der Waals surface area contributed by atoms with Gasteiger partial charge < -0.3 is 10.1 Å². The van der Waals surface area contributed by atoms with E-state index in [9.17, 15) is 4.79 Å². The van der Waals surface area contributed by atoms with Gasteiger partial charge in [0.2, 0.25) is 5.91 Å². The number of rotatable bonds is 7. The van der Waals surface area contributed by atoms with Gasteiger partial charge in [0.05, 0.1) is 5.69 Å². The van der Waals surface area contributed by atoms with E-state index in [1.54, 1.807) is 0 Å². The van der Waals surface area contributed by atoms with Gasteiger partial charge >= 0.3 is 0 Å². The van der Waals surface area contributed by atoms with Crippen LogP contribution in [0, 0.1) is 0 Å². The number of hydrogen-bond acceptors (Lipinski definition) is 3. The first kappa shape index (κ1) is 16.5. The second-order valence-electron chi connectivity index (χ2n) is 5.26. The van der Waals surface area contributed by atoms with Crippen molar-refractivity contribution in [3.8, 4) is 5.75 Å². The molecule has 0 saturated heterocycles. The molecule has 0 spiro atoms. The van der Waals surface area contributed by atoms with Crippen LogP contribution in [0.3, 0.4) is 0 Å². The van der Waals surface area contributed by atoms with Crippen LogP contribution in [0.4, 0.5) is 5.69 Å². The first-order valence-electron chi connectivity index (χ1n) is 7.20. The molecule has 0 aliphatic rings. The number of anilines is 1. The summed E-state index contributed by atoms with van der Waals surface area (Å²) in [4.78, 5) is 13.5. The average molecular weight is 278 g/mol. The highest BCUT2D eigenvalue weighted by atomic mass is 16.5. The molecule has 1 rings (SSSR count). The molecule has 4 heteroatoms. The summed E-state index contributed by atoms with van der Waals surface area (Å²) in [7, 11) is 0. The molecule has 0 aromatic heterocycles. The van der Waals surface area contributed by atoms with E-state index in [0.29, 0.717) is 24.4 Å². The molecule has 4 nitrogen and oxygen atoms in total. The largest absolute Gasteiger partial charge is 0.490 e. The van der Waals surface area contributed by atoms with E-state index in [4.69, 9.17) is 4.74 Å². The summed E-state index contributed by atoms with van der Waals surface area (Å²) in [5, 5.41) is 2.79. The number of hydrogen-bond donors (Lipinski definition) is 1. The first-order chi connectivity index (χ1) is 9.45. The lowest BCUT2D eigenvalue weighted by Crippen LogP contribution is -2.41. The van der Waals surface area contributed by atoms with E-state index >= 15 is 0 Å². The molecule has 0 fully saturated rings. The Morgan fingerprint density at radius 3 is 2.50 bits per heavy atom. The Balaban J connectivity index is 2.67. The van der Waals surface area contributed by atoms with E-state index in [0.717, 1.165) is 12.2 Å². The maximum absolute atomic E-state index is 11.2. The molecule has 1 N–H and O–H groups in total. The molecule has 1 amide bonds. The normalized spacial score (nSPS) is 12.6. The molecule has 1 unspecified atom stereocenters. The third kappa shape index (κ3) is 4.85. The first-order valence-corrected chi connectivity index (χ1v) is 7.20. The third-order valence-electron chi connectivity index (χ3n) is 3.27. The predicted octanol–water partition coefficient (Wildman–Crippen LogP) is 3.14. The Bertz CT molecular complexity index is 432. The van der Waals surface area contributed by atoms with Crippen LogP contribution in [-0.2, 0) is 4.79 Å². The molecule has 112 valence electrons. The Kier molecular flexibility index (Phi) is 6.52. The zero-order chi connectivity index (χ0) is 15.1. The second kappa shape index (κ2) is 7.90. The van der Waals surface area contributed by atoms with Crippen molar-refractivity contribution in [1.29, 1.82) is 0 Å². The van der Waals surface area contributed by atoms with Crippen LogP contribution in [0.1, 0.15) is 34.6 Å². The number of ether oxygens (including phenoxy) is 1. The standard InChI is InChI=1S/C16H26N2O2/c1-6-18(12(2)3)13(4)11-20-16-10-8-7-9-15(16)17-14(5)19/h7-10,12-13H,6,11H2,1-5H3,(H,17,19). The Morgan fingerprint density at radius 1 is 1.30 bits per heavy atom. The lowest BCUT2D eigenvalue weighted by atomic mass is 10.2. The fraction of sp³-hybridized carbons (Fsp3) is 0.562. The number of likely N-dealkylation sites (N-methyl/N-ethyl adjacent to an activating group) is 1. The zero-order valence-electron chi connectivity index (χ0n) is 13.1. The van der Waals surface area contributed by atoms with Gasteiger partial charge in [-0.1, -0.05) is 19.1 Å². The van der Waals surface area contributed by atoms with E-state index in [-0.39, 0.29) is 5.91 Å². The van der Waals surface area contributed by atoms with E-state index in [2.05, 4.69) is 37.9 Å². The summed E-state index contributed by atoms with van der Waals surface area (Å²) < 4.78 is 5.88.